The Morgan fingerprint density at radius 1 is 1.08 bits per heavy atom. The zero-order valence-electron chi connectivity index (χ0n) is 14.6. The van der Waals surface area contributed by atoms with Crippen molar-refractivity contribution in [3.8, 4) is 11.5 Å². The Balaban J connectivity index is 1.40. The minimum Gasteiger partial charge on any atom is -0.494 e. The average molecular weight is 355 g/mol. The Morgan fingerprint density at radius 2 is 1.77 bits per heavy atom. The summed E-state index contributed by atoms with van der Waals surface area (Å²) in [4.78, 5) is 23.8. The molecule has 0 saturated heterocycles. The summed E-state index contributed by atoms with van der Waals surface area (Å²) in [6.45, 7) is 3.26. The van der Waals surface area contributed by atoms with Crippen LogP contribution in [-0.4, -0.2) is 31.6 Å². The highest BCUT2D eigenvalue weighted by molar-refractivity contribution is 5.94. The lowest BCUT2D eigenvalue weighted by molar-refractivity contribution is -0.123. The molecule has 136 valence electrons. The summed E-state index contributed by atoms with van der Waals surface area (Å²) in [5.41, 5.74) is 1.29. The van der Waals surface area contributed by atoms with Gasteiger partial charge in [-0.3, -0.25) is 4.79 Å². The van der Waals surface area contributed by atoms with Crippen molar-refractivity contribution < 1.29 is 23.8 Å². The molecule has 0 aliphatic carbocycles. The largest absolute Gasteiger partial charge is 0.494 e. The van der Waals surface area contributed by atoms with Crippen LogP contribution in [0.5, 0.6) is 11.5 Å². The van der Waals surface area contributed by atoms with Crippen LogP contribution >= 0.6 is 0 Å². The summed E-state index contributed by atoms with van der Waals surface area (Å²) in [7, 11) is 0. The van der Waals surface area contributed by atoms with Gasteiger partial charge in [0.2, 0.25) is 5.91 Å². The van der Waals surface area contributed by atoms with Crippen molar-refractivity contribution in [3.05, 3.63) is 59.7 Å². The van der Waals surface area contributed by atoms with E-state index in [2.05, 4.69) is 5.32 Å². The lowest BCUT2D eigenvalue weighted by Crippen LogP contribution is -2.29. The molecule has 1 N–H and O–H groups in total. The third kappa shape index (κ3) is 4.33. The molecule has 0 spiro atoms. The van der Waals surface area contributed by atoms with E-state index in [4.69, 9.17) is 14.2 Å². The summed E-state index contributed by atoms with van der Waals surface area (Å²) in [5, 5.41) is 2.78. The predicted molar refractivity (Wildman–Crippen MR) is 95.3 cm³/mol. The molecule has 0 bridgehead atoms. The van der Waals surface area contributed by atoms with Crippen molar-refractivity contribution >= 4 is 11.9 Å². The van der Waals surface area contributed by atoms with Gasteiger partial charge in [0.05, 0.1) is 25.1 Å². The molecule has 2 aromatic carbocycles. The number of ether oxygens (including phenoxy) is 3. The first-order chi connectivity index (χ1) is 12.7. The number of fused-ring (bicyclic) bond motifs is 1. The zero-order chi connectivity index (χ0) is 18.4. The van der Waals surface area contributed by atoms with Crippen LogP contribution < -0.4 is 14.8 Å². The second-order valence-electron chi connectivity index (χ2n) is 5.79. The highest BCUT2D eigenvalue weighted by atomic mass is 16.5. The standard InChI is InChI=1S/C20H21NO5/c1-2-24-14-7-9-15(10-8-14)25-12-11-21-19(22)13-18-16-5-3-4-6-17(16)20(23)26-18/h3-10,18H,2,11-13H2,1H3,(H,21,22)/t18-/m1/s1. The van der Waals surface area contributed by atoms with Crippen LogP contribution in [-0.2, 0) is 9.53 Å². The summed E-state index contributed by atoms with van der Waals surface area (Å²) in [6.07, 6.45) is -0.419. The van der Waals surface area contributed by atoms with E-state index in [1.165, 1.54) is 0 Å². The molecule has 0 aromatic heterocycles. The number of amides is 1. The van der Waals surface area contributed by atoms with E-state index in [1.807, 2.05) is 43.3 Å². The molecule has 26 heavy (non-hydrogen) atoms. The number of carbonyl (C=O) groups excluding carboxylic acids is 2. The Labute approximate surface area is 152 Å². The predicted octanol–water partition coefficient (Wildman–Crippen LogP) is 2.88. The SMILES string of the molecule is CCOc1ccc(OCCNC(=O)C[C@H]2OC(=O)c3ccccc32)cc1. The van der Waals surface area contributed by atoms with E-state index < -0.39 is 6.10 Å². The molecule has 0 unspecified atom stereocenters. The number of rotatable bonds is 8. The Kier molecular flexibility index (Phi) is 5.73. The van der Waals surface area contributed by atoms with Crippen LogP contribution in [0.3, 0.4) is 0 Å². The number of hydrogen-bond donors (Lipinski definition) is 1. The molecular formula is C20H21NO5. The number of esters is 1. The fourth-order valence-corrected chi connectivity index (χ4v) is 2.77. The molecule has 0 fully saturated rings. The maximum atomic E-state index is 12.1. The molecule has 1 heterocycles. The minimum atomic E-state index is -0.522. The van der Waals surface area contributed by atoms with Crippen molar-refractivity contribution in [2.75, 3.05) is 19.8 Å². The summed E-state index contributed by atoms with van der Waals surface area (Å²) in [5.74, 6) is 0.938. The first-order valence-electron chi connectivity index (χ1n) is 8.59. The van der Waals surface area contributed by atoms with Gasteiger partial charge in [-0.1, -0.05) is 18.2 Å². The van der Waals surface area contributed by atoms with Crippen LogP contribution in [0, 0.1) is 0 Å². The molecule has 2 aromatic rings. The van der Waals surface area contributed by atoms with Gasteiger partial charge in [0.25, 0.3) is 0 Å². The molecule has 1 atom stereocenters. The van der Waals surface area contributed by atoms with Crippen molar-refractivity contribution in [3.63, 3.8) is 0 Å². The second-order valence-corrected chi connectivity index (χ2v) is 5.79. The number of cyclic esters (lactones) is 1. The first kappa shape index (κ1) is 17.8. The van der Waals surface area contributed by atoms with Gasteiger partial charge in [0.1, 0.15) is 24.2 Å². The molecule has 6 nitrogen and oxygen atoms in total. The average Bonchev–Trinajstić information content (AvgIpc) is 2.96. The van der Waals surface area contributed by atoms with Crippen LogP contribution in [0.4, 0.5) is 0 Å². The van der Waals surface area contributed by atoms with Crippen molar-refractivity contribution in [1.29, 1.82) is 0 Å². The van der Waals surface area contributed by atoms with Crippen molar-refractivity contribution in [2.24, 2.45) is 0 Å². The molecule has 1 aliphatic rings. The minimum absolute atomic E-state index is 0.103. The maximum absolute atomic E-state index is 12.1. The smallest absolute Gasteiger partial charge is 0.339 e. The van der Waals surface area contributed by atoms with Gasteiger partial charge in [-0.15, -0.1) is 0 Å². The molecule has 3 rings (SSSR count). The third-order valence-electron chi connectivity index (χ3n) is 3.98. The van der Waals surface area contributed by atoms with Crippen LogP contribution in [0.1, 0.15) is 35.4 Å². The quantitative estimate of drug-likeness (QED) is 0.582. The summed E-state index contributed by atoms with van der Waals surface area (Å²) >= 11 is 0. The highest BCUT2D eigenvalue weighted by Crippen LogP contribution is 2.32. The van der Waals surface area contributed by atoms with Gasteiger partial charge in [0.15, 0.2) is 0 Å². The molecule has 0 saturated carbocycles. The fourth-order valence-electron chi connectivity index (χ4n) is 2.77. The third-order valence-corrected chi connectivity index (χ3v) is 3.98. The van der Waals surface area contributed by atoms with Gasteiger partial charge >= 0.3 is 5.97 Å². The summed E-state index contributed by atoms with van der Waals surface area (Å²) in [6, 6.07) is 14.4. The van der Waals surface area contributed by atoms with Crippen LogP contribution in [0.2, 0.25) is 0 Å². The fraction of sp³-hybridized carbons (Fsp3) is 0.300. The van der Waals surface area contributed by atoms with Crippen molar-refractivity contribution in [1.82, 2.24) is 5.32 Å². The van der Waals surface area contributed by atoms with Gasteiger partial charge in [-0.05, 0) is 37.3 Å². The van der Waals surface area contributed by atoms with Gasteiger partial charge < -0.3 is 19.5 Å². The molecule has 0 radical (unpaired) electrons. The normalized spacial score (nSPS) is 15.1. The van der Waals surface area contributed by atoms with E-state index in [-0.39, 0.29) is 18.3 Å². The maximum Gasteiger partial charge on any atom is 0.339 e. The number of hydrogen-bond acceptors (Lipinski definition) is 5. The van der Waals surface area contributed by atoms with E-state index in [0.29, 0.717) is 31.1 Å². The lowest BCUT2D eigenvalue weighted by Gasteiger charge is -2.12. The lowest BCUT2D eigenvalue weighted by atomic mass is 10.0. The van der Waals surface area contributed by atoms with E-state index in [1.54, 1.807) is 12.1 Å². The molecule has 1 aliphatic heterocycles. The number of benzene rings is 2. The number of carbonyl (C=O) groups is 2. The van der Waals surface area contributed by atoms with E-state index in [0.717, 1.165) is 11.3 Å². The topological polar surface area (TPSA) is 73.9 Å². The van der Waals surface area contributed by atoms with E-state index >= 15 is 0 Å². The summed E-state index contributed by atoms with van der Waals surface area (Å²) < 4.78 is 16.2. The van der Waals surface area contributed by atoms with Crippen LogP contribution in [0.25, 0.3) is 0 Å². The molecule has 1 amide bonds. The Bertz CT molecular complexity index is 772. The van der Waals surface area contributed by atoms with Gasteiger partial charge in [0, 0.05) is 5.56 Å². The zero-order valence-corrected chi connectivity index (χ0v) is 14.6. The van der Waals surface area contributed by atoms with Gasteiger partial charge in [-0.25, -0.2) is 4.79 Å². The number of nitrogens with one attached hydrogen (secondary N) is 1. The Hall–Kier alpha value is -3.02. The van der Waals surface area contributed by atoms with Crippen LogP contribution in [0.15, 0.2) is 48.5 Å². The van der Waals surface area contributed by atoms with Gasteiger partial charge in [-0.2, -0.15) is 0 Å². The van der Waals surface area contributed by atoms with E-state index in [9.17, 15) is 9.59 Å². The highest BCUT2D eigenvalue weighted by Gasteiger charge is 2.31. The second kappa shape index (κ2) is 8.38. The first-order valence-corrected chi connectivity index (χ1v) is 8.59. The Morgan fingerprint density at radius 3 is 2.50 bits per heavy atom. The van der Waals surface area contributed by atoms with Crippen molar-refractivity contribution in [2.45, 2.75) is 19.4 Å². The molecule has 6 heteroatoms. The molecular weight excluding hydrogens is 334 g/mol. The monoisotopic (exact) mass is 355 g/mol.